The zero-order chi connectivity index (χ0) is 18.0. The highest BCUT2D eigenvalue weighted by Gasteiger charge is 2.32. The number of amides is 1. The van der Waals surface area contributed by atoms with E-state index < -0.39 is 9.84 Å². The fourth-order valence-corrected chi connectivity index (χ4v) is 5.23. The summed E-state index contributed by atoms with van der Waals surface area (Å²) in [6.45, 7) is 7.04. The SMILES string of the molecule is CCN(c1ccnc(N2CCN(C(C)=O)CC2)n1)C1CCS(=O)(=O)C1. The van der Waals surface area contributed by atoms with Crippen molar-refractivity contribution in [3.63, 3.8) is 0 Å². The van der Waals surface area contributed by atoms with Crippen LogP contribution in [0.2, 0.25) is 0 Å². The third-order valence-electron chi connectivity index (χ3n) is 4.92. The van der Waals surface area contributed by atoms with E-state index in [1.54, 1.807) is 13.1 Å². The largest absolute Gasteiger partial charge is 0.353 e. The molecule has 0 aliphatic carbocycles. The number of carbonyl (C=O) groups is 1. The van der Waals surface area contributed by atoms with Gasteiger partial charge in [-0.25, -0.2) is 13.4 Å². The van der Waals surface area contributed by atoms with E-state index in [1.165, 1.54) is 0 Å². The van der Waals surface area contributed by atoms with Gasteiger partial charge in [-0.3, -0.25) is 4.79 Å². The van der Waals surface area contributed by atoms with Crippen molar-refractivity contribution < 1.29 is 13.2 Å². The highest BCUT2D eigenvalue weighted by atomic mass is 32.2. The van der Waals surface area contributed by atoms with Crippen molar-refractivity contribution in [2.24, 2.45) is 0 Å². The van der Waals surface area contributed by atoms with Gasteiger partial charge in [-0.2, -0.15) is 4.98 Å². The summed E-state index contributed by atoms with van der Waals surface area (Å²) in [6.07, 6.45) is 2.37. The van der Waals surface area contributed by atoms with Crippen LogP contribution in [0.5, 0.6) is 0 Å². The first-order valence-electron chi connectivity index (χ1n) is 8.70. The number of anilines is 2. The number of rotatable bonds is 4. The van der Waals surface area contributed by atoms with Gasteiger partial charge in [-0.15, -0.1) is 0 Å². The van der Waals surface area contributed by atoms with E-state index >= 15 is 0 Å². The molecule has 9 heteroatoms. The number of piperazine rings is 1. The van der Waals surface area contributed by atoms with E-state index in [-0.39, 0.29) is 23.5 Å². The number of hydrogen-bond donors (Lipinski definition) is 0. The van der Waals surface area contributed by atoms with Gasteiger partial charge < -0.3 is 14.7 Å². The molecule has 2 aliphatic rings. The maximum absolute atomic E-state index is 11.8. The lowest BCUT2D eigenvalue weighted by Crippen LogP contribution is -2.48. The lowest BCUT2D eigenvalue weighted by atomic mass is 10.2. The Morgan fingerprint density at radius 2 is 2.04 bits per heavy atom. The summed E-state index contributed by atoms with van der Waals surface area (Å²) in [5.74, 6) is 1.94. The average molecular weight is 367 g/mol. The van der Waals surface area contributed by atoms with E-state index in [2.05, 4.69) is 19.8 Å². The van der Waals surface area contributed by atoms with Crippen molar-refractivity contribution in [2.75, 3.05) is 54.0 Å². The molecule has 0 radical (unpaired) electrons. The third kappa shape index (κ3) is 4.02. The Bertz CT molecular complexity index is 731. The average Bonchev–Trinajstić information content (AvgIpc) is 2.95. The fourth-order valence-electron chi connectivity index (χ4n) is 3.50. The van der Waals surface area contributed by atoms with Gasteiger partial charge in [0, 0.05) is 51.9 Å². The van der Waals surface area contributed by atoms with Crippen LogP contribution >= 0.6 is 0 Å². The Balaban J connectivity index is 1.74. The Morgan fingerprint density at radius 3 is 2.60 bits per heavy atom. The second-order valence-electron chi connectivity index (χ2n) is 6.55. The van der Waals surface area contributed by atoms with Crippen molar-refractivity contribution >= 4 is 27.5 Å². The molecule has 2 saturated heterocycles. The molecule has 0 spiro atoms. The molecular formula is C16H25N5O3S. The van der Waals surface area contributed by atoms with Crippen molar-refractivity contribution in [3.8, 4) is 0 Å². The first kappa shape index (κ1) is 17.9. The molecule has 1 aromatic heterocycles. The normalized spacial score (nSPS) is 22.9. The quantitative estimate of drug-likeness (QED) is 0.749. The minimum absolute atomic E-state index is 0.0210. The fraction of sp³-hybridized carbons (Fsp3) is 0.688. The topological polar surface area (TPSA) is 86.7 Å². The summed E-state index contributed by atoms with van der Waals surface area (Å²) in [4.78, 5) is 26.4. The minimum Gasteiger partial charge on any atom is -0.353 e. The number of aromatic nitrogens is 2. The van der Waals surface area contributed by atoms with Gasteiger partial charge in [-0.05, 0) is 19.4 Å². The summed E-state index contributed by atoms with van der Waals surface area (Å²) in [5, 5.41) is 0. The predicted molar refractivity (Wildman–Crippen MR) is 96.6 cm³/mol. The van der Waals surface area contributed by atoms with E-state index in [4.69, 9.17) is 0 Å². The molecule has 3 heterocycles. The maximum atomic E-state index is 11.8. The van der Waals surface area contributed by atoms with Crippen molar-refractivity contribution in [3.05, 3.63) is 12.3 Å². The van der Waals surface area contributed by atoms with Gasteiger partial charge in [0.05, 0.1) is 11.5 Å². The lowest BCUT2D eigenvalue weighted by molar-refractivity contribution is -0.129. The summed E-state index contributed by atoms with van der Waals surface area (Å²) in [7, 11) is -2.94. The lowest BCUT2D eigenvalue weighted by Gasteiger charge is -2.35. The molecule has 0 bridgehead atoms. The van der Waals surface area contributed by atoms with E-state index in [0.717, 1.165) is 5.82 Å². The van der Waals surface area contributed by atoms with Crippen LogP contribution < -0.4 is 9.80 Å². The summed E-state index contributed by atoms with van der Waals surface area (Å²) in [6, 6.07) is 1.82. The van der Waals surface area contributed by atoms with Crippen LogP contribution in [0.4, 0.5) is 11.8 Å². The summed E-state index contributed by atoms with van der Waals surface area (Å²) < 4.78 is 23.6. The number of carbonyl (C=O) groups excluding carboxylic acids is 1. The molecule has 25 heavy (non-hydrogen) atoms. The zero-order valence-electron chi connectivity index (χ0n) is 14.8. The molecule has 1 atom stereocenters. The second kappa shape index (κ2) is 7.15. The first-order valence-corrected chi connectivity index (χ1v) is 10.5. The zero-order valence-corrected chi connectivity index (χ0v) is 15.6. The van der Waals surface area contributed by atoms with E-state index in [1.807, 2.05) is 17.9 Å². The van der Waals surface area contributed by atoms with Gasteiger partial charge >= 0.3 is 0 Å². The van der Waals surface area contributed by atoms with Crippen LogP contribution in [0.15, 0.2) is 12.3 Å². The molecule has 0 aromatic carbocycles. The van der Waals surface area contributed by atoms with Crippen LogP contribution in [0.1, 0.15) is 20.3 Å². The van der Waals surface area contributed by atoms with Crippen LogP contribution in [0.25, 0.3) is 0 Å². The van der Waals surface area contributed by atoms with E-state index in [9.17, 15) is 13.2 Å². The Morgan fingerprint density at radius 1 is 1.32 bits per heavy atom. The van der Waals surface area contributed by atoms with Crippen LogP contribution in [0.3, 0.4) is 0 Å². The standard InChI is InChI=1S/C16H25N5O3S/c1-3-21(14-5-11-25(23,24)12-14)15-4-6-17-16(18-15)20-9-7-19(8-10-20)13(2)22/h4,6,14H,3,5,7-12H2,1-2H3. The molecular weight excluding hydrogens is 342 g/mol. The maximum Gasteiger partial charge on any atom is 0.227 e. The van der Waals surface area contributed by atoms with Gasteiger partial charge in [0.25, 0.3) is 0 Å². The monoisotopic (exact) mass is 367 g/mol. The second-order valence-corrected chi connectivity index (χ2v) is 8.78. The summed E-state index contributed by atoms with van der Waals surface area (Å²) in [5.41, 5.74) is 0. The smallest absolute Gasteiger partial charge is 0.227 e. The Kier molecular flexibility index (Phi) is 5.12. The first-order chi connectivity index (χ1) is 11.9. The molecule has 2 fully saturated rings. The van der Waals surface area contributed by atoms with E-state index in [0.29, 0.717) is 45.1 Å². The molecule has 8 nitrogen and oxygen atoms in total. The molecule has 0 N–H and O–H groups in total. The minimum atomic E-state index is -2.94. The number of hydrogen-bond acceptors (Lipinski definition) is 7. The number of sulfone groups is 1. The molecule has 3 rings (SSSR count). The molecule has 1 aromatic rings. The van der Waals surface area contributed by atoms with Gasteiger partial charge in [0.2, 0.25) is 11.9 Å². The van der Waals surface area contributed by atoms with Crippen LogP contribution in [0, 0.1) is 0 Å². The highest BCUT2D eigenvalue weighted by Crippen LogP contribution is 2.24. The van der Waals surface area contributed by atoms with Crippen LogP contribution in [-0.2, 0) is 14.6 Å². The van der Waals surface area contributed by atoms with Crippen molar-refractivity contribution in [1.82, 2.24) is 14.9 Å². The molecule has 138 valence electrons. The van der Waals surface area contributed by atoms with Gasteiger partial charge in [-0.1, -0.05) is 0 Å². The predicted octanol–water partition coefficient (Wildman–Crippen LogP) is 0.159. The highest BCUT2D eigenvalue weighted by molar-refractivity contribution is 7.91. The Hall–Kier alpha value is -1.90. The van der Waals surface area contributed by atoms with Gasteiger partial charge in [0.15, 0.2) is 9.84 Å². The molecule has 0 saturated carbocycles. The van der Waals surface area contributed by atoms with Gasteiger partial charge in [0.1, 0.15) is 5.82 Å². The van der Waals surface area contributed by atoms with Crippen LogP contribution in [-0.4, -0.2) is 79.5 Å². The van der Waals surface area contributed by atoms with Crippen molar-refractivity contribution in [2.45, 2.75) is 26.3 Å². The molecule has 2 aliphatic heterocycles. The van der Waals surface area contributed by atoms with Crippen molar-refractivity contribution in [1.29, 1.82) is 0 Å². The molecule has 1 amide bonds. The third-order valence-corrected chi connectivity index (χ3v) is 6.67. The Labute approximate surface area is 148 Å². The molecule has 1 unspecified atom stereocenters. The number of nitrogens with zero attached hydrogens (tertiary/aromatic N) is 5. The summed E-state index contributed by atoms with van der Waals surface area (Å²) >= 11 is 0.